The van der Waals surface area contributed by atoms with Crippen molar-refractivity contribution in [3.8, 4) is 0 Å². The maximum Gasteiger partial charge on any atom is 0.324 e. The molecule has 0 aliphatic heterocycles. The van der Waals surface area contributed by atoms with E-state index >= 15 is 0 Å². The number of benzene rings is 1. The number of nitrogens with two attached hydrogens (primary N) is 1. The van der Waals surface area contributed by atoms with E-state index in [0.29, 0.717) is 0 Å². The zero-order valence-electron chi connectivity index (χ0n) is 13.4. The standard InChI is InChI=1S/C15H22N2O5S/c1-10(2)8-13(15(19)22-9-14(16)18)17-23(20,21)12-6-4-11(3)5-7-12/h4-7,10,13,17H,8-9H2,1-3H3,(H2,16,18)/t13-/m0/s1. The molecule has 0 spiro atoms. The summed E-state index contributed by atoms with van der Waals surface area (Å²) in [5.74, 6) is -1.59. The van der Waals surface area contributed by atoms with Crippen molar-refractivity contribution in [2.75, 3.05) is 6.61 Å². The number of amides is 1. The molecule has 1 amide bonds. The minimum atomic E-state index is -3.87. The lowest BCUT2D eigenvalue weighted by atomic mass is 10.1. The van der Waals surface area contributed by atoms with Gasteiger partial charge in [-0.1, -0.05) is 31.5 Å². The fourth-order valence-corrected chi connectivity index (χ4v) is 3.08. The molecular formula is C15H22N2O5S. The van der Waals surface area contributed by atoms with E-state index in [1.807, 2.05) is 20.8 Å². The number of sulfonamides is 1. The molecule has 0 aliphatic carbocycles. The molecule has 0 unspecified atom stereocenters. The molecule has 0 bridgehead atoms. The predicted octanol–water partition coefficient (Wildman–Crippen LogP) is 0.717. The number of carbonyl (C=O) groups excluding carboxylic acids is 2. The highest BCUT2D eigenvalue weighted by atomic mass is 32.2. The van der Waals surface area contributed by atoms with Gasteiger partial charge < -0.3 is 10.5 Å². The Hall–Kier alpha value is -1.93. The summed E-state index contributed by atoms with van der Waals surface area (Å²) in [5.41, 5.74) is 5.84. The molecule has 0 heterocycles. The van der Waals surface area contributed by atoms with Crippen LogP contribution in [0.4, 0.5) is 0 Å². The van der Waals surface area contributed by atoms with Crippen molar-refractivity contribution in [2.45, 2.75) is 38.1 Å². The van der Waals surface area contributed by atoms with Gasteiger partial charge in [0.25, 0.3) is 5.91 Å². The van der Waals surface area contributed by atoms with Crippen molar-refractivity contribution < 1.29 is 22.7 Å². The van der Waals surface area contributed by atoms with Crippen LogP contribution in [0.15, 0.2) is 29.2 Å². The van der Waals surface area contributed by atoms with Gasteiger partial charge in [-0.05, 0) is 31.4 Å². The summed E-state index contributed by atoms with van der Waals surface area (Å²) in [6.07, 6.45) is 0.239. The van der Waals surface area contributed by atoms with Crippen molar-refractivity contribution >= 4 is 21.9 Å². The molecule has 0 radical (unpaired) electrons. The van der Waals surface area contributed by atoms with Gasteiger partial charge in [0.1, 0.15) is 6.04 Å². The first-order chi connectivity index (χ1) is 10.6. The van der Waals surface area contributed by atoms with Gasteiger partial charge in [0.2, 0.25) is 10.0 Å². The van der Waals surface area contributed by atoms with Gasteiger partial charge in [-0.3, -0.25) is 9.59 Å². The quantitative estimate of drug-likeness (QED) is 0.675. The Balaban J connectivity index is 2.92. The number of aryl methyl sites for hydroxylation is 1. The van der Waals surface area contributed by atoms with E-state index in [-0.39, 0.29) is 17.2 Å². The lowest BCUT2D eigenvalue weighted by molar-refractivity contribution is -0.149. The predicted molar refractivity (Wildman–Crippen MR) is 84.9 cm³/mol. The van der Waals surface area contributed by atoms with Gasteiger partial charge in [0, 0.05) is 0 Å². The van der Waals surface area contributed by atoms with Gasteiger partial charge in [0.15, 0.2) is 6.61 Å². The van der Waals surface area contributed by atoms with E-state index in [4.69, 9.17) is 10.5 Å². The molecule has 1 aromatic carbocycles. The highest BCUT2D eigenvalue weighted by Gasteiger charge is 2.28. The van der Waals surface area contributed by atoms with Crippen molar-refractivity contribution in [2.24, 2.45) is 11.7 Å². The summed E-state index contributed by atoms with van der Waals surface area (Å²) >= 11 is 0. The number of carbonyl (C=O) groups is 2. The summed E-state index contributed by atoms with van der Waals surface area (Å²) in [6.45, 7) is 4.94. The molecule has 1 atom stereocenters. The molecule has 1 rings (SSSR count). The lowest BCUT2D eigenvalue weighted by Gasteiger charge is -2.19. The molecule has 1 aromatic rings. The largest absolute Gasteiger partial charge is 0.454 e. The first kappa shape index (κ1) is 19.1. The summed E-state index contributed by atoms with van der Waals surface area (Å²) in [5, 5.41) is 0. The van der Waals surface area contributed by atoms with Crippen LogP contribution in [0, 0.1) is 12.8 Å². The number of nitrogens with one attached hydrogen (secondary N) is 1. The van der Waals surface area contributed by atoms with Crippen LogP contribution in [0.3, 0.4) is 0 Å². The highest BCUT2D eigenvalue weighted by molar-refractivity contribution is 7.89. The maximum absolute atomic E-state index is 12.4. The first-order valence-electron chi connectivity index (χ1n) is 7.15. The van der Waals surface area contributed by atoms with Crippen molar-refractivity contribution in [1.29, 1.82) is 0 Å². The Kier molecular flexibility index (Phi) is 6.71. The number of hydrogen-bond donors (Lipinski definition) is 2. The van der Waals surface area contributed by atoms with Gasteiger partial charge in [-0.2, -0.15) is 4.72 Å². The van der Waals surface area contributed by atoms with Gasteiger partial charge in [-0.25, -0.2) is 8.42 Å². The molecular weight excluding hydrogens is 320 g/mol. The van der Waals surface area contributed by atoms with Crippen LogP contribution in [0.25, 0.3) is 0 Å². The van der Waals surface area contributed by atoms with E-state index in [0.717, 1.165) is 5.56 Å². The number of rotatable bonds is 8. The SMILES string of the molecule is Cc1ccc(S(=O)(=O)N[C@@H](CC(C)C)C(=O)OCC(N)=O)cc1. The van der Waals surface area contributed by atoms with Crippen LogP contribution in [-0.4, -0.2) is 32.9 Å². The lowest BCUT2D eigenvalue weighted by Crippen LogP contribution is -2.43. The molecule has 128 valence electrons. The fourth-order valence-electron chi connectivity index (χ4n) is 1.88. The van der Waals surface area contributed by atoms with Gasteiger partial charge >= 0.3 is 5.97 Å². The third-order valence-electron chi connectivity index (χ3n) is 2.98. The average molecular weight is 342 g/mol. The van der Waals surface area contributed by atoms with Crippen molar-refractivity contribution in [3.63, 3.8) is 0 Å². The molecule has 8 heteroatoms. The molecule has 0 saturated heterocycles. The number of hydrogen-bond acceptors (Lipinski definition) is 5. The van der Waals surface area contributed by atoms with Gasteiger partial charge in [-0.15, -0.1) is 0 Å². The van der Waals surface area contributed by atoms with Crippen LogP contribution in [0.5, 0.6) is 0 Å². The average Bonchev–Trinajstić information content (AvgIpc) is 2.43. The molecule has 3 N–H and O–H groups in total. The summed E-state index contributed by atoms with van der Waals surface area (Å²) in [7, 11) is -3.87. The normalized spacial score (nSPS) is 12.9. The van der Waals surface area contributed by atoms with Crippen LogP contribution in [0.1, 0.15) is 25.8 Å². The number of primary amides is 1. The highest BCUT2D eigenvalue weighted by Crippen LogP contribution is 2.14. The van der Waals surface area contributed by atoms with Crippen LogP contribution >= 0.6 is 0 Å². The molecule has 0 aliphatic rings. The second-order valence-electron chi connectivity index (χ2n) is 5.69. The second-order valence-corrected chi connectivity index (χ2v) is 7.40. The van der Waals surface area contributed by atoms with Crippen LogP contribution < -0.4 is 10.5 Å². The molecule has 23 heavy (non-hydrogen) atoms. The molecule has 0 saturated carbocycles. The maximum atomic E-state index is 12.4. The van der Waals surface area contributed by atoms with Crippen molar-refractivity contribution in [1.82, 2.24) is 4.72 Å². The first-order valence-corrected chi connectivity index (χ1v) is 8.64. The van der Waals surface area contributed by atoms with E-state index in [1.165, 1.54) is 12.1 Å². The van der Waals surface area contributed by atoms with E-state index in [9.17, 15) is 18.0 Å². The Bertz CT molecular complexity index is 653. The van der Waals surface area contributed by atoms with Crippen LogP contribution in [0.2, 0.25) is 0 Å². The zero-order chi connectivity index (χ0) is 17.6. The topological polar surface area (TPSA) is 116 Å². The summed E-state index contributed by atoms with van der Waals surface area (Å²) in [6, 6.07) is 5.16. The Morgan fingerprint density at radius 2 is 1.78 bits per heavy atom. The minimum Gasteiger partial charge on any atom is -0.454 e. The minimum absolute atomic E-state index is 0.0434. The summed E-state index contributed by atoms with van der Waals surface area (Å²) in [4.78, 5) is 22.7. The molecule has 7 nitrogen and oxygen atoms in total. The Morgan fingerprint density at radius 3 is 2.26 bits per heavy atom. The van der Waals surface area contributed by atoms with E-state index in [2.05, 4.69) is 4.72 Å². The van der Waals surface area contributed by atoms with E-state index in [1.54, 1.807) is 12.1 Å². The fraction of sp³-hybridized carbons (Fsp3) is 0.467. The second kappa shape index (κ2) is 8.07. The smallest absolute Gasteiger partial charge is 0.324 e. The monoisotopic (exact) mass is 342 g/mol. The molecule has 0 aromatic heterocycles. The third-order valence-corrected chi connectivity index (χ3v) is 4.46. The Labute approximate surface area is 136 Å². The summed E-state index contributed by atoms with van der Waals surface area (Å²) < 4.78 is 31.8. The Morgan fingerprint density at radius 1 is 1.22 bits per heavy atom. The number of ether oxygens (including phenoxy) is 1. The molecule has 0 fully saturated rings. The van der Waals surface area contributed by atoms with Gasteiger partial charge in [0.05, 0.1) is 4.90 Å². The number of esters is 1. The zero-order valence-corrected chi connectivity index (χ0v) is 14.2. The van der Waals surface area contributed by atoms with Crippen LogP contribution in [-0.2, 0) is 24.3 Å². The van der Waals surface area contributed by atoms with Crippen molar-refractivity contribution in [3.05, 3.63) is 29.8 Å². The van der Waals surface area contributed by atoms with E-state index < -0.39 is 34.5 Å². The third kappa shape index (κ3) is 6.37.